The molecule has 0 unspecified atom stereocenters. The molecule has 2 aromatic carbocycles. The summed E-state index contributed by atoms with van der Waals surface area (Å²) in [6, 6.07) is 15.7. The van der Waals surface area contributed by atoms with Gasteiger partial charge >= 0.3 is 0 Å². The summed E-state index contributed by atoms with van der Waals surface area (Å²) in [4.78, 5) is 25.6. The molecule has 33 heavy (non-hydrogen) atoms. The van der Waals surface area contributed by atoms with E-state index in [1.165, 1.54) is 23.1 Å². The number of oxazole rings is 1. The van der Waals surface area contributed by atoms with Crippen LogP contribution >= 0.6 is 23.1 Å². The average molecular weight is 478 g/mol. The Labute approximate surface area is 197 Å². The summed E-state index contributed by atoms with van der Waals surface area (Å²) in [6.45, 7) is 2.01. The lowest BCUT2D eigenvalue weighted by Crippen LogP contribution is -2.12. The standard InChI is InChI=1S/C23H19N5O3S2/c1-14-7-8-18-16(11-14)25-23(30-18)33-13-19-26-21(31-28-19)10-9-20(29)27-22-24-17(12-32-22)15-5-3-2-4-6-15/h2-8,11-12H,9-10,13H2,1H3,(H,24,27,29). The summed E-state index contributed by atoms with van der Waals surface area (Å²) in [5.41, 5.74) is 4.56. The first-order valence-electron chi connectivity index (χ1n) is 10.2. The first-order chi connectivity index (χ1) is 16.1. The van der Waals surface area contributed by atoms with Gasteiger partial charge in [0.1, 0.15) is 5.52 Å². The molecule has 0 aliphatic rings. The fourth-order valence-electron chi connectivity index (χ4n) is 3.13. The minimum atomic E-state index is -0.153. The molecule has 0 saturated heterocycles. The van der Waals surface area contributed by atoms with Crippen molar-refractivity contribution in [2.75, 3.05) is 5.32 Å². The number of rotatable bonds is 8. The maximum Gasteiger partial charge on any atom is 0.257 e. The molecule has 0 aliphatic heterocycles. The van der Waals surface area contributed by atoms with Crippen LogP contribution in [-0.2, 0) is 17.0 Å². The number of anilines is 1. The van der Waals surface area contributed by atoms with Gasteiger partial charge in [-0.3, -0.25) is 4.79 Å². The molecule has 0 aliphatic carbocycles. The highest BCUT2D eigenvalue weighted by Crippen LogP contribution is 2.27. The fraction of sp³-hybridized carbons (Fsp3) is 0.174. The van der Waals surface area contributed by atoms with Crippen molar-refractivity contribution in [3.05, 3.63) is 71.2 Å². The summed E-state index contributed by atoms with van der Waals surface area (Å²) >= 11 is 2.79. The van der Waals surface area contributed by atoms with E-state index in [0.29, 0.717) is 34.2 Å². The SMILES string of the molecule is Cc1ccc2oc(SCc3noc(CCC(=O)Nc4nc(-c5ccccc5)cs4)n3)nc2c1. The second-order valence-electron chi connectivity index (χ2n) is 7.30. The molecule has 1 N–H and O–H groups in total. The summed E-state index contributed by atoms with van der Waals surface area (Å²) in [7, 11) is 0. The Kier molecular flexibility index (Phi) is 6.18. The first-order valence-corrected chi connectivity index (χ1v) is 12.1. The Balaban J connectivity index is 1.11. The van der Waals surface area contributed by atoms with E-state index < -0.39 is 0 Å². The molecule has 0 saturated carbocycles. The van der Waals surface area contributed by atoms with Gasteiger partial charge in [0.05, 0.1) is 11.4 Å². The Hall–Kier alpha value is -3.50. The number of carbonyl (C=O) groups is 1. The van der Waals surface area contributed by atoms with E-state index in [1.54, 1.807) is 0 Å². The van der Waals surface area contributed by atoms with Gasteiger partial charge in [0.2, 0.25) is 11.8 Å². The Bertz CT molecular complexity index is 1390. The first kappa shape index (κ1) is 21.4. The molecule has 0 fully saturated rings. The normalized spacial score (nSPS) is 11.2. The number of hydrogen-bond donors (Lipinski definition) is 1. The maximum absolute atomic E-state index is 12.3. The number of benzene rings is 2. The van der Waals surface area contributed by atoms with Crippen LogP contribution in [0.1, 0.15) is 23.7 Å². The van der Waals surface area contributed by atoms with E-state index in [-0.39, 0.29) is 12.3 Å². The molecule has 0 atom stereocenters. The quantitative estimate of drug-likeness (QED) is 0.292. The smallest absolute Gasteiger partial charge is 0.257 e. The van der Waals surface area contributed by atoms with E-state index in [1.807, 2.05) is 60.8 Å². The molecular weight excluding hydrogens is 458 g/mol. The summed E-state index contributed by atoms with van der Waals surface area (Å²) in [5, 5.41) is 9.85. The minimum absolute atomic E-state index is 0.153. The molecular formula is C23H19N5O3S2. The van der Waals surface area contributed by atoms with Gasteiger partial charge in [-0.25, -0.2) is 9.97 Å². The zero-order chi connectivity index (χ0) is 22.6. The summed E-state index contributed by atoms with van der Waals surface area (Å²) < 4.78 is 11.0. The van der Waals surface area contributed by atoms with E-state index >= 15 is 0 Å². The lowest BCUT2D eigenvalue weighted by Gasteiger charge is -1.99. The number of thiazole rings is 1. The molecule has 3 aromatic heterocycles. The topological polar surface area (TPSA) is 107 Å². The van der Waals surface area contributed by atoms with Crippen LogP contribution in [0.5, 0.6) is 0 Å². The third kappa shape index (κ3) is 5.29. The minimum Gasteiger partial charge on any atom is -0.431 e. The summed E-state index contributed by atoms with van der Waals surface area (Å²) in [6.07, 6.45) is 0.572. The van der Waals surface area contributed by atoms with Crippen molar-refractivity contribution in [3.63, 3.8) is 0 Å². The van der Waals surface area contributed by atoms with Crippen molar-refractivity contribution < 1.29 is 13.7 Å². The van der Waals surface area contributed by atoms with Crippen LogP contribution in [0.3, 0.4) is 0 Å². The predicted molar refractivity (Wildman–Crippen MR) is 127 cm³/mol. The van der Waals surface area contributed by atoms with Gasteiger partial charge in [0.15, 0.2) is 16.5 Å². The van der Waals surface area contributed by atoms with Gasteiger partial charge in [-0.05, 0) is 24.6 Å². The average Bonchev–Trinajstić information content (AvgIpc) is 3.56. The number of fused-ring (bicyclic) bond motifs is 1. The van der Waals surface area contributed by atoms with Gasteiger partial charge in [-0.1, -0.05) is 53.3 Å². The number of aryl methyl sites for hydroxylation is 2. The third-order valence-electron chi connectivity index (χ3n) is 4.74. The lowest BCUT2D eigenvalue weighted by molar-refractivity contribution is -0.116. The van der Waals surface area contributed by atoms with Crippen molar-refractivity contribution in [1.82, 2.24) is 20.1 Å². The monoisotopic (exact) mass is 477 g/mol. The highest BCUT2D eigenvalue weighted by atomic mass is 32.2. The molecule has 10 heteroatoms. The van der Waals surface area contributed by atoms with E-state index in [4.69, 9.17) is 8.94 Å². The molecule has 0 spiro atoms. The molecule has 5 aromatic rings. The largest absolute Gasteiger partial charge is 0.431 e. The number of carbonyl (C=O) groups excluding carboxylic acids is 1. The van der Waals surface area contributed by atoms with Gasteiger partial charge in [-0.2, -0.15) is 4.98 Å². The van der Waals surface area contributed by atoms with Crippen LogP contribution in [0.25, 0.3) is 22.4 Å². The van der Waals surface area contributed by atoms with Crippen LogP contribution < -0.4 is 5.32 Å². The molecule has 0 radical (unpaired) electrons. The highest BCUT2D eigenvalue weighted by Gasteiger charge is 2.13. The fourth-order valence-corrected chi connectivity index (χ4v) is 4.55. The number of thioether (sulfide) groups is 1. The number of nitrogens with zero attached hydrogens (tertiary/aromatic N) is 4. The predicted octanol–water partition coefficient (Wildman–Crippen LogP) is 5.51. The molecule has 8 nitrogen and oxygen atoms in total. The number of amides is 1. The van der Waals surface area contributed by atoms with E-state index in [9.17, 15) is 4.79 Å². The maximum atomic E-state index is 12.3. The van der Waals surface area contributed by atoms with Crippen LogP contribution in [0.15, 0.2) is 68.1 Å². The summed E-state index contributed by atoms with van der Waals surface area (Å²) in [5.74, 6) is 1.25. The highest BCUT2D eigenvalue weighted by molar-refractivity contribution is 7.98. The van der Waals surface area contributed by atoms with Gasteiger partial charge in [0.25, 0.3) is 5.22 Å². The third-order valence-corrected chi connectivity index (χ3v) is 6.33. The zero-order valence-corrected chi connectivity index (χ0v) is 19.3. The second kappa shape index (κ2) is 9.55. The van der Waals surface area contributed by atoms with Gasteiger partial charge < -0.3 is 14.3 Å². The molecule has 1 amide bonds. The van der Waals surface area contributed by atoms with Crippen LogP contribution in [0.2, 0.25) is 0 Å². The van der Waals surface area contributed by atoms with Crippen LogP contribution in [0.4, 0.5) is 5.13 Å². The molecule has 3 heterocycles. The van der Waals surface area contributed by atoms with E-state index in [0.717, 1.165) is 27.9 Å². The van der Waals surface area contributed by atoms with Crippen molar-refractivity contribution in [2.45, 2.75) is 30.7 Å². The molecule has 166 valence electrons. The Morgan fingerprint density at radius 1 is 1.12 bits per heavy atom. The number of aromatic nitrogens is 4. The molecule has 0 bridgehead atoms. The van der Waals surface area contributed by atoms with Gasteiger partial charge in [-0.15, -0.1) is 11.3 Å². The Morgan fingerprint density at radius 2 is 2.00 bits per heavy atom. The van der Waals surface area contributed by atoms with Crippen molar-refractivity contribution in [2.24, 2.45) is 0 Å². The van der Waals surface area contributed by atoms with Crippen LogP contribution in [-0.4, -0.2) is 26.0 Å². The number of hydrogen-bond acceptors (Lipinski definition) is 9. The Morgan fingerprint density at radius 3 is 2.88 bits per heavy atom. The second-order valence-corrected chi connectivity index (χ2v) is 9.08. The van der Waals surface area contributed by atoms with Crippen LogP contribution in [0, 0.1) is 6.92 Å². The van der Waals surface area contributed by atoms with E-state index in [2.05, 4.69) is 25.4 Å². The molecule has 5 rings (SSSR count). The van der Waals surface area contributed by atoms with Crippen molar-refractivity contribution in [3.8, 4) is 11.3 Å². The lowest BCUT2D eigenvalue weighted by atomic mass is 10.2. The van der Waals surface area contributed by atoms with Crippen molar-refractivity contribution in [1.29, 1.82) is 0 Å². The van der Waals surface area contributed by atoms with Gasteiger partial charge in [0, 0.05) is 23.8 Å². The zero-order valence-electron chi connectivity index (χ0n) is 17.6. The number of nitrogens with one attached hydrogen (secondary N) is 1. The van der Waals surface area contributed by atoms with Crippen molar-refractivity contribution >= 4 is 45.2 Å².